The zero-order valence-corrected chi connectivity index (χ0v) is 19.9. The van der Waals surface area contributed by atoms with Crippen LogP contribution in [0.2, 0.25) is 0 Å². The first-order valence-corrected chi connectivity index (χ1v) is 10.7. The second-order valence-corrected chi connectivity index (χ2v) is 9.86. The average Bonchev–Trinajstić information content (AvgIpc) is 2.69. The van der Waals surface area contributed by atoms with Gasteiger partial charge in [-0.1, -0.05) is 59.7 Å². The molecule has 2 amide bonds. The number of carbonyl (C=O) groups excluding carboxylic acids is 2. The number of benzene rings is 2. The van der Waals surface area contributed by atoms with Crippen LogP contribution in [-0.2, 0) is 10.8 Å². The quantitative estimate of drug-likeness (QED) is 0.314. The lowest BCUT2D eigenvalue weighted by molar-refractivity contribution is 0.0955. The van der Waals surface area contributed by atoms with Gasteiger partial charge in [0.15, 0.2) is 5.96 Å². The van der Waals surface area contributed by atoms with Crippen molar-refractivity contribution in [2.24, 2.45) is 16.5 Å². The van der Waals surface area contributed by atoms with Crippen LogP contribution < -0.4 is 22.1 Å². The Morgan fingerprint density at radius 1 is 0.875 bits per heavy atom. The van der Waals surface area contributed by atoms with E-state index < -0.39 is 0 Å². The number of aliphatic imine (C=N–C) groups is 1. The van der Waals surface area contributed by atoms with Crippen molar-refractivity contribution in [3.63, 3.8) is 0 Å². The third-order valence-corrected chi connectivity index (χ3v) is 5.04. The van der Waals surface area contributed by atoms with Crippen molar-refractivity contribution < 1.29 is 9.59 Å². The minimum Gasteiger partial charge on any atom is -0.370 e. The Balaban J connectivity index is 2.30. The lowest BCUT2D eigenvalue weighted by Crippen LogP contribution is -2.29. The molecule has 2 rings (SSSR count). The standard InChI is InChI=1S/C25H35N5O2/c1-24(2,3)17-13-16(14-18(15-17)25(4,5)6)21(31)30-20-10-8-7-9-19(20)22(32)28-11-12-29-23(26)27/h7-10,13-15H,11-12H2,1-6H3,(H,28,32)(H,30,31)(H4,26,27,29). The van der Waals surface area contributed by atoms with Crippen LogP contribution in [0.4, 0.5) is 5.69 Å². The Morgan fingerprint density at radius 3 is 1.97 bits per heavy atom. The zero-order chi connectivity index (χ0) is 24.1. The summed E-state index contributed by atoms with van der Waals surface area (Å²) in [7, 11) is 0. The van der Waals surface area contributed by atoms with E-state index in [9.17, 15) is 9.59 Å². The van der Waals surface area contributed by atoms with Gasteiger partial charge in [0.1, 0.15) is 0 Å². The molecule has 2 aromatic carbocycles. The van der Waals surface area contributed by atoms with Crippen molar-refractivity contribution in [2.75, 3.05) is 18.4 Å². The second kappa shape index (κ2) is 9.85. The molecule has 0 unspecified atom stereocenters. The van der Waals surface area contributed by atoms with Crippen molar-refractivity contribution in [1.82, 2.24) is 5.32 Å². The highest BCUT2D eigenvalue weighted by Gasteiger charge is 2.23. The smallest absolute Gasteiger partial charge is 0.255 e. The molecule has 0 saturated carbocycles. The van der Waals surface area contributed by atoms with E-state index in [1.165, 1.54) is 0 Å². The molecule has 0 bridgehead atoms. The molecule has 2 aromatic rings. The van der Waals surface area contributed by atoms with E-state index in [0.717, 1.165) is 11.1 Å². The van der Waals surface area contributed by atoms with Gasteiger partial charge in [0, 0.05) is 12.1 Å². The average molecular weight is 438 g/mol. The topological polar surface area (TPSA) is 123 Å². The third kappa shape index (κ3) is 6.83. The summed E-state index contributed by atoms with van der Waals surface area (Å²) >= 11 is 0. The predicted octanol–water partition coefficient (Wildman–Crippen LogP) is 3.54. The molecule has 7 heteroatoms. The molecule has 6 N–H and O–H groups in total. The summed E-state index contributed by atoms with van der Waals surface area (Å²) in [5, 5.41) is 5.66. The number of carbonyl (C=O) groups is 2. The molecule has 0 aliphatic heterocycles. The highest BCUT2D eigenvalue weighted by molar-refractivity contribution is 6.09. The van der Waals surface area contributed by atoms with Crippen LogP contribution >= 0.6 is 0 Å². The van der Waals surface area contributed by atoms with Crippen molar-refractivity contribution in [3.05, 3.63) is 64.7 Å². The Hall–Kier alpha value is -3.35. The number of hydrogen-bond acceptors (Lipinski definition) is 3. The Kier molecular flexibility index (Phi) is 7.67. The molecular formula is C25H35N5O2. The molecule has 0 fully saturated rings. The maximum absolute atomic E-state index is 13.2. The lowest BCUT2D eigenvalue weighted by Gasteiger charge is -2.26. The Morgan fingerprint density at radius 2 is 1.44 bits per heavy atom. The van der Waals surface area contributed by atoms with Gasteiger partial charge in [-0.3, -0.25) is 14.6 Å². The van der Waals surface area contributed by atoms with Crippen LogP contribution in [0.15, 0.2) is 47.5 Å². The minimum atomic E-state index is -0.314. The highest BCUT2D eigenvalue weighted by Crippen LogP contribution is 2.30. The van der Waals surface area contributed by atoms with Crippen molar-refractivity contribution in [1.29, 1.82) is 0 Å². The summed E-state index contributed by atoms with van der Waals surface area (Å²) in [6, 6.07) is 12.9. The van der Waals surface area contributed by atoms with E-state index in [1.54, 1.807) is 24.3 Å². The van der Waals surface area contributed by atoms with Gasteiger partial charge in [-0.25, -0.2) is 0 Å². The molecule has 0 aliphatic rings. The van der Waals surface area contributed by atoms with Crippen molar-refractivity contribution in [2.45, 2.75) is 52.4 Å². The molecule has 7 nitrogen and oxygen atoms in total. The van der Waals surface area contributed by atoms with Crippen LogP contribution in [0.5, 0.6) is 0 Å². The maximum Gasteiger partial charge on any atom is 0.255 e. The van der Waals surface area contributed by atoms with E-state index in [1.807, 2.05) is 12.1 Å². The van der Waals surface area contributed by atoms with E-state index >= 15 is 0 Å². The lowest BCUT2D eigenvalue weighted by atomic mass is 9.79. The summed E-state index contributed by atoms with van der Waals surface area (Å²) < 4.78 is 0. The van der Waals surface area contributed by atoms with Crippen LogP contribution in [-0.4, -0.2) is 30.9 Å². The molecule has 172 valence electrons. The van der Waals surface area contributed by atoms with Gasteiger partial charge < -0.3 is 22.1 Å². The summed E-state index contributed by atoms with van der Waals surface area (Å²) in [6.07, 6.45) is 0. The zero-order valence-electron chi connectivity index (χ0n) is 19.9. The predicted molar refractivity (Wildman–Crippen MR) is 131 cm³/mol. The molecule has 0 radical (unpaired) electrons. The van der Waals surface area contributed by atoms with Crippen molar-refractivity contribution in [3.8, 4) is 0 Å². The first kappa shape index (κ1) is 24.9. The summed E-state index contributed by atoms with van der Waals surface area (Å²) in [5.74, 6) is -0.605. The molecular weight excluding hydrogens is 402 g/mol. The number of amides is 2. The number of hydrogen-bond donors (Lipinski definition) is 4. The van der Waals surface area contributed by atoms with Crippen LogP contribution in [0, 0.1) is 0 Å². The number of nitrogens with two attached hydrogens (primary N) is 2. The number of guanidine groups is 1. The molecule has 32 heavy (non-hydrogen) atoms. The molecule has 0 aliphatic carbocycles. The first-order valence-electron chi connectivity index (χ1n) is 10.7. The van der Waals surface area contributed by atoms with Gasteiger partial charge in [-0.05, 0) is 46.2 Å². The fourth-order valence-corrected chi connectivity index (χ4v) is 3.06. The summed E-state index contributed by atoms with van der Waals surface area (Å²) in [5.41, 5.74) is 13.9. The molecule has 0 aromatic heterocycles. The number of rotatable bonds is 6. The fraction of sp³-hybridized carbons (Fsp3) is 0.400. The van der Waals surface area contributed by atoms with Gasteiger partial charge in [0.05, 0.1) is 17.8 Å². The molecule has 0 spiro atoms. The number of para-hydroxylation sites is 1. The first-order chi connectivity index (χ1) is 14.8. The van der Waals surface area contributed by atoms with Gasteiger partial charge in [-0.2, -0.15) is 0 Å². The summed E-state index contributed by atoms with van der Waals surface area (Å²) in [6.45, 7) is 13.3. The number of nitrogens with zero attached hydrogens (tertiary/aromatic N) is 1. The fourth-order valence-electron chi connectivity index (χ4n) is 3.06. The normalized spacial score (nSPS) is 11.6. The largest absolute Gasteiger partial charge is 0.370 e. The van der Waals surface area contributed by atoms with Gasteiger partial charge in [0.25, 0.3) is 11.8 Å². The summed E-state index contributed by atoms with van der Waals surface area (Å²) in [4.78, 5) is 29.7. The van der Waals surface area contributed by atoms with E-state index in [4.69, 9.17) is 11.5 Å². The third-order valence-electron chi connectivity index (χ3n) is 5.04. The van der Waals surface area contributed by atoms with Crippen LogP contribution in [0.1, 0.15) is 73.4 Å². The van der Waals surface area contributed by atoms with Gasteiger partial charge in [0.2, 0.25) is 0 Å². The van der Waals surface area contributed by atoms with Crippen LogP contribution in [0.25, 0.3) is 0 Å². The van der Waals surface area contributed by atoms with E-state index in [-0.39, 0.29) is 41.7 Å². The second-order valence-electron chi connectivity index (χ2n) is 9.86. The molecule has 0 atom stereocenters. The highest BCUT2D eigenvalue weighted by atomic mass is 16.2. The Labute approximate surface area is 190 Å². The van der Waals surface area contributed by atoms with Crippen molar-refractivity contribution >= 4 is 23.5 Å². The van der Waals surface area contributed by atoms with E-state index in [0.29, 0.717) is 16.8 Å². The maximum atomic E-state index is 13.2. The number of nitrogens with one attached hydrogen (secondary N) is 2. The van der Waals surface area contributed by atoms with Gasteiger partial charge >= 0.3 is 0 Å². The number of anilines is 1. The monoisotopic (exact) mass is 437 g/mol. The Bertz CT molecular complexity index is 977. The van der Waals surface area contributed by atoms with Gasteiger partial charge in [-0.15, -0.1) is 0 Å². The van der Waals surface area contributed by atoms with E-state index in [2.05, 4.69) is 63.2 Å². The SMILES string of the molecule is CC(C)(C)c1cc(C(=O)Nc2ccccc2C(=O)NCCN=C(N)N)cc(C(C)(C)C)c1. The molecule has 0 saturated heterocycles. The minimum absolute atomic E-state index is 0.0287. The van der Waals surface area contributed by atoms with Crippen LogP contribution in [0.3, 0.4) is 0 Å². The molecule has 0 heterocycles.